The molecular weight excluding hydrogens is 566 g/mol. The largest absolute Gasteiger partial charge is 0.456 e. The van der Waals surface area contributed by atoms with Crippen molar-refractivity contribution in [2.24, 2.45) is 0 Å². The topological polar surface area (TPSA) is 69.6 Å². The zero-order chi connectivity index (χ0) is 30.2. The number of furan rings is 1. The van der Waals surface area contributed by atoms with Crippen molar-refractivity contribution < 1.29 is 4.42 Å². The Kier molecular flexibility index (Phi) is 5.19. The first kappa shape index (κ1) is 25.0. The molecule has 6 heteroatoms. The number of hydrogen-bond donors (Lipinski definition) is 0. The lowest BCUT2D eigenvalue weighted by molar-refractivity contribution is 0.669. The minimum Gasteiger partial charge on any atom is -0.456 e. The Hall–Kier alpha value is -6.40. The van der Waals surface area contributed by atoms with Crippen LogP contribution in [0.25, 0.3) is 93.8 Å². The van der Waals surface area contributed by atoms with Gasteiger partial charge < -0.3 is 4.42 Å². The summed E-state index contributed by atoms with van der Waals surface area (Å²) in [6.45, 7) is 0. The lowest BCUT2D eigenvalue weighted by Gasteiger charge is -2.11. The van der Waals surface area contributed by atoms with Gasteiger partial charge in [-0.2, -0.15) is 4.80 Å². The van der Waals surface area contributed by atoms with E-state index >= 15 is 0 Å². The number of aromatic nitrogens is 5. The molecule has 0 unspecified atom stereocenters. The molecule has 214 valence electrons. The third kappa shape index (κ3) is 3.77. The second-order valence-corrected chi connectivity index (χ2v) is 11.6. The maximum Gasteiger partial charge on any atom is 0.160 e. The minimum atomic E-state index is 0.675. The molecule has 0 saturated heterocycles. The molecule has 0 amide bonds. The SMILES string of the molecule is c1ccc(-n2nc3ccc4ccc5cc(-c6nc(-c7ccc8c(c7)oc7ccccc78)c7ccccc7n6)ccc5c4c3n2)cc1. The molecule has 0 radical (unpaired) electrons. The Bertz CT molecular complexity index is 2820. The number of hydrogen-bond acceptors (Lipinski definition) is 5. The van der Waals surface area contributed by atoms with E-state index in [4.69, 9.17) is 24.6 Å². The van der Waals surface area contributed by atoms with Gasteiger partial charge in [0.05, 0.1) is 16.9 Å². The molecular formula is C40H23N5O. The highest BCUT2D eigenvalue weighted by Crippen LogP contribution is 2.36. The van der Waals surface area contributed by atoms with Crippen LogP contribution in [-0.2, 0) is 0 Å². The van der Waals surface area contributed by atoms with E-state index in [-0.39, 0.29) is 0 Å². The Morgan fingerprint density at radius 2 is 1.22 bits per heavy atom. The summed E-state index contributed by atoms with van der Waals surface area (Å²) >= 11 is 0. The van der Waals surface area contributed by atoms with Gasteiger partial charge in [-0.1, -0.05) is 91.0 Å². The van der Waals surface area contributed by atoms with Gasteiger partial charge in [0.1, 0.15) is 22.2 Å². The first-order valence-corrected chi connectivity index (χ1v) is 15.2. The zero-order valence-corrected chi connectivity index (χ0v) is 24.4. The van der Waals surface area contributed by atoms with Crippen molar-refractivity contribution in [3.8, 4) is 28.3 Å². The second kappa shape index (κ2) is 9.55. The molecule has 0 N–H and O–H groups in total. The van der Waals surface area contributed by atoms with Crippen molar-refractivity contribution in [2.75, 3.05) is 0 Å². The molecule has 0 fully saturated rings. The van der Waals surface area contributed by atoms with Gasteiger partial charge in [0.15, 0.2) is 5.82 Å². The van der Waals surface area contributed by atoms with Crippen molar-refractivity contribution in [3.05, 3.63) is 140 Å². The summed E-state index contributed by atoms with van der Waals surface area (Å²) in [4.78, 5) is 11.9. The lowest BCUT2D eigenvalue weighted by atomic mass is 9.98. The summed E-state index contributed by atoms with van der Waals surface area (Å²) in [7, 11) is 0. The first-order valence-electron chi connectivity index (χ1n) is 15.2. The zero-order valence-electron chi connectivity index (χ0n) is 24.4. The van der Waals surface area contributed by atoms with Crippen LogP contribution in [0.1, 0.15) is 0 Å². The van der Waals surface area contributed by atoms with Crippen LogP contribution in [0.2, 0.25) is 0 Å². The Morgan fingerprint density at radius 3 is 2.15 bits per heavy atom. The van der Waals surface area contributed by atoms with Gasteiger partial charge in [-0.3, -0.25) is 0 Å². The van der Waals surface area contributed by atoms with E-state index in [0.29, 0.717) is 5.82 Å². The lowest BCUT2D eigenvalue weighted by Crippen LogP contribution is -1.97. The number of para-hydroxylation sites is 3. The van der Waals surface area contributed by atoms with Crippen molar-refractivity contribution >= 4 is 65.4 Å². The molecule has 7 aromatic carbocycles. The van der Waals surface area contributed by atoms with E-state index in [0.717, 1.165) is 87.9 Å². The predicted octanol–water partition coefficient (Wildman–Crippen LogP) is 9.90. The maximum absolute atomic E-state index is 6.23. The van der Waals surface area contributed by atoms with Crippen LogP contribution in [0, 0.1) is 0 Å². The number of rotatable bonds is 3. The van der Waals surface area contributed by atoms with Gasteiger partial charge in [0.25, 0.3) is 0 Å². The summed E-state index contributed by atoms with van der Waals surface area (Å²) in [5.41, 5.74) is 8.10. The molecule has 0 aliphatic heterocycles. The molecule has 10 rings (SSSR count). The van der Waals surface area contributed by atoms with E-state index in [9.17, 15) is 0 Å². The third-order valence-corrected chi connectivity index (χ3v) is 8.85. The summed E-state index contributed by atoms with van der Waals surface area (Å²) in [5.74, 6) is 0.675. The van der Waals surface area contributed by atoms with E-state index in [2.05, 4.69) is 66.7 Å². The summed E-state index contributed by atoms with van der Waals surface area (Å²) < 4.78 is 6.23. The number of nitrogens with zero attached hydrogens (tertiary/aromatic N) is 5. The van der Waals surface area contributed by atoms with Gasteiger partial charge in [-0.05, 0) is 64.7 Å². The average molecular weight is 590 g/mol. The Labute approximate surface area is 262 Å². The van der Waals surface area contributed by atoms with E-state index < -0.39 is 0 Å². The van der Waals surface area contributed by atoms with Crippen LogP contribution < -0.4 is 0 Å². The standard InChI is InChI=1S/C40H23N5O/c1-2-8-28(9-3-1)45-43-34-21-18-24-14-15-25-22-27(17-19-29(25)37(24)39(34)44-45)40-41-33-12-6-4-11-32(33)38(42-40)26-16-20-31-30-10-5-7-13-35(30)46-36(31)23-26/h1-23H. The molecule has 0 atom stereocenters. The average Bonchev–Trinajstić information content (AvgIpc) is 3.73. The number of fused-ring (bicyclic) bond motifs is 9. The molecule has 46 heavy (non-hydrogen) atoms. The van der Waals surface area contributed by atoms with Crippen LogP contribution in [0.5, 0.6) is 0 Å². The smallest absolute Gasteiger partial charge is 0.160 e. The molecule has 3 aromatic heterocycles. The molecule has 0 spiro atoms. The molecule has 0 saturated carbocycles. The maximum atomic E-state index is 6.23. The van der Waals surface area contributed by atoms with E-state index in [1.165, 1.54) is 0 Å². The first-order chi connectivity index (χ1) is 22.8. The van der Waals surface area contributed by atoms with Gasteiger partial charge in [-0.15, -0.1) is 10.2 Å². The molecule has 0 bridgehead atoms. The highest BCUT2D eigenvalue weighted by Gasteiger charge is 2.16. The summed E-state index contributed by atoms with van der Waals surface area (Å²) in [5, 5.41) is 17.3. The molecule has 6 nitrogen and oxygen atoms in total. The van der Waals surface area contributed by atoms with Crippen LogP contribution in [0.4, 0.5) is 0 Å². The van der Waals surface area contributed by atoms with Gasteiger partial charge in [-0.25, -0.2) is 9.97 Å². The van der Waals surface area contributed by atoms with Crippen LogP contribution in [0.3, 0.4) is 0 Å². The fraction of sp³-hybridized carbons (Fsp3) is 0. The molecule has 0 aliphatic carbocycles. The van der Waals surface area contributed by atoms with Crippen molar-refractivity contribution in [1.82, 2.24) is 25.0 Å². The Balaban J connectivity index is 1.14. The third-order valence-electron chi connectivity index (χ3n) is 8.85. The quantitative estimate of drug-likeness (QED) is 0.192. The monoisotopic (exact) mass is 589 g/mol. The van der Waals surface area contributed by atoms with Crippen molar-refractivity contribution in [2.45, 2.75) is 0 Å². The highest BCUT2D eigenvalue weighted by molar-refractivity contribution is 6.18. The van der Waals surface area contributed by atoms with Crippen LogP contribution >= 0.6 is 0 Å². The van der Waals surface area contributed by atoms with Gasteiger partial charge in [0.2, 0.25) is 0 Å². The highest BCUT2D eigenvalue weighted by atomic mass is 16.3. The molecule has 10 aromatic rings. The Morgan fingerprint density at radius 1 is 0.478 bits per heavy atom. The summed E-state index contributed by atoms with van der Waals surface area (Å²) in [6.07, 6.45) is 0. The van der Waals surface area contributed by atoms with Crippen molar-refractivity contribution in [1.29, 1.82) is 0 Å². The summed E-state index contributed by atoms with van der Waals surface area (Å²) in [6, 6.07) is 47.6. The predicted molar refractivity (Wildman–Crippen MR) is 185 cm³/mol. The minimum absolute atomic E-state index is 0.675. The van der Waals surface area contributed by atoms with Crippen LogP contribution in [0.15, 0.2) is 144 Å². The fourth-order valence-corrected chi connectivity index (χ4v) is 6.64. The van der Waals surface area contributed by atoms with Gasteiger partial charge >= 0.3 is 0 Å². The van der Waals surface area contributed by atoms with E-state index in [1.54, 1.807) is 4.80 Å². The fourth-order valence-electron chi connectivity index (χ4n) is 6.64. The molecule has 3 heterocycles. The molecule has 0 aliphatic rings. The number of benzene rings is 7. The normalized spacial score (nSPS) is 11.9. The van der Waals surface area contributed by atoms with Crippen molar-refractivity contribution in [3.63, 3.8) is 0 Å². The second-order valence-electron chi connectivity index (χ2n) is 11.6. The van der Waals surface area contributed by atoms with Gasteiger partial charge in [0, 0.05) is 32.7 Å². The van der Waals surface area contributed by atoms with Crippen LogP contribution in [-0.4, -0.2) is 25.0 Å². The van der Waals surface area contributed by atoms with E-state index in [1.807, 2.05) is 72.8 Å².